The largest absolute Gasteiger partial charge is 0.307 e. The van der Waals surface area contributed by atoms with Gasteiger partial charge >= 0.3 is 0 Å². The predicted octanol–water partition coefficient (Wildman–Crippen LogP) is 1.86. The lowest BCUT2D eigenvalue weighted by Crippen LogP contribution is -2.26. The number of ketones is 1. The molecule has 18 heavy (non-hydrogen) atoms. The third-order valence-electron chi connectivity index (χ3n) is 3.91. The average molecular weight is 247 g/mol. The number of hydrogen-bond donors (Lipinski definition) is 1. The van der Waals surface area contributed by atoms with Gasteiger partial charge in [-0.3, -0.25) is 9.48 Å². The molecule has 3 rings (SSSR count). The number of aromatic nitrogens is 2. The standard InChI is InChI=1S/C14H21N3O/c18-14(10-15-11-5-6-11)9-12-7-8-17(16-12)13-3-1-2-4-13/h7-8,11,13,15H,1-6,9-10H2. The van der Waals surface area contributed by atoms with Crippen LogP contribution in [0.2, 0.25) is 0 Å². The Morgan fingerprint density at radius 2 is 2.11 bits per heavy atom. The highest BCUT2D eigenvalue weighted by atomic mass is 16.1. The third-order valence-corrected chi connectivity index (χ3v) is 3.91. The van der Waals surface area contributed by atoms with Gasteiger partial charge < -0.3 is 5.32 Å². The predicted molar refractivity (Wildman–Crippen MR) is 69.5 cm³/mol. The van der Waals surface area contributed by atoms with Crippen LogP contribution in [0.4, 0.5) is 0 Å². The molecular weight excluding hydrogens is 226 g/mol. The van der Waals surface area contributed by atoms with Gasteiger partial charge in [-0.15, -0.1) is 0 Å². The van der Waals surface area contributed by atoms with Crippen molar-refractivity contribution in [3.05, 3.63) is 18.0 Å². The Morgan fingerprint density at radius 3 is 2.83 bits per heavy atom. The first kappa shape index (κ1) is 11.9. The molecule has 0 unspecified atom stereocenters. The fourth-order valence-electron chi connectivity index (χ4n) is 2.65. The Labute approximate surface area is 108 Å². The van der Waals surface area contributed by atoms with E-state index >= 15 is 0 Å². The molecule has 0 radical (unpaired) electrons. The van der Waals surface area contributed by atoms with E-state index in [0.717, 1.165) is 5.69 Å². The summed E-state index contributed by atoms with van der Waals surface area (Å²) < 4.78 is 2.06. The minimum absolute atomic E-state index is 0.249. The molecule has 2 fully saturated rings. The highest BCUT2D eigenvalue weighted by Crippen LogP contribution is 2.28. The van der Waals surface area contributed by atoms with Crippen molar-refractivity contribution < 1.29 is 4.79 Å². The minimum Gasteiger partial charge on any atom is -0.307 e. The van der Waals surface area contributed by atoms with E-state index in [1.165, 1.54) is 38.5 Å². The van der Waals surface area contributed by atoms with Gasteiger partial charge in [-0.2, -0.15) is 5.10 Å². The summed E-state index contributed by atoms with van der Waals surface area (Å²) in [6.07, 6.45) is 10.0. The molecule has 1 aromatic rings. The SMILES string of the molecule is O=C(CNC1CC1)Cc1ccn(C2CCCC2)n1. The lowest BCUT2D eigenvalue weighted by atomic mass is 10.2. The monoisotopic (exact) mass is 247 g/mol. The summed E-state index contributed by atoms with van der Waals surface area (Å²) >= 11 is 0. The van der Waals surface area contributed by atoms with Crippen LogP contribution in [-0.4, -0.2) is 28.2 Å². The van der Waals surface area contributed by atoms with E-state index in [9.17, 15) is 4.79 Å². The zero-order chi connectivity index (χ0) is 12.4. The maximum Gasteiger partial charge on any atom is 0.152 e. The van der Waals surface area contributed by atoms with E-state index in [0.29, 0.717) is 25.0 Å². The molecule has 0 aromatic carbocycles. The fourth-order valence-corrected chi connectivity index (χ4v) is 2.65. The van der Waals surface area contributed by atoms with Crippen molar-refractivity contribution in [3.8, 4) is 0 Å². The van der Waals surface area contributed by atoms with Crippen LogP contribution in [-0.2, 0) is 11.2 Å². The van der Waals surface area contributed by atoms with Crippen LogP contribution in [0.25, 0.3) is 0 Å². The van der Waals surface area contributed by atoms with Crippen LogP contribution in [0.5, 0.6) is 0 Å². The number of nitrogens with one attached hydrogen (secondary N) is 1. The number of Topliss-reactive ketones (excluding diaryl/α,β-unsaturated/α-hetero) is 1. The summed E-state index contributed by atoms with van der Waals surface area (Å²) in [7, 11) is 0. The van der Waals surface area contributed by atoms with Gasteiger partial charge in [-0.25, -0.2) is 0 Å². The summed E-state index contributed by atoms with van der Waals surface area (Å²) in [5.41, 5.74) is 0.921. The summed E-state index contributed by atoms with van der Waals surface area (Å²) in [6.45, 7) is 0.501. The highest BCUT2D eigenvalue weighted by molar-refractivity contribution is 5.82. The molecule has 0 atom stereocenters. The Hall–Kier alpha value is -1.16. The normalized spacial score (nSPS) is 20.4. The van der Waals surface area contributed by atoms with Crippen LogP contribution in [0.15, 0.2) is 12.3 Å². The van der Waals surface area contributed by atoms with Crippen molar-refractivity contribution in [2.24, 2.45) is 0 Å². The Kier molecular flexibility index (Phi) is 3.46. The first-order valence-electron chi connectivity index (χ1n) is 7.10. The Bertz CT molecular complexity index is 416. The second kappa shape index (κ2) is 5.22. The molecule has 2 saturated carbocycles. The Balaban J connectivity index is 1.50. The minimum atomic E-state index is 0.249. The molecule has 2 aliphatic rings. The quantitative estimate of drug-likeness (QED) is 0.834. The second-order valence-electron chi connectivity index (χ2n) is 5.60. The Morgan fingerprint density at radius 1 is 1.33 bits per heavy atom. The fraction of sp³-hybridized carbons (Fsp3) is 0.714. The summed E-state index contributed by atoms with van der Waals surface area (Å²) in [6, 6.07) is 3.16. The highest BCUT2D eigenvalue weighted by Gasteiger charge is 2.21. The number of carbonyl (C=O) groups is 1. The zero-order valence-corrected chi connectivity index (χ0v) is 10.8. The number of carbonyl (C=O) groups excluding carboxylic acids is 1. The van der Waals surface area contributed by atoms with Gasteiger partial charge in [0.1, 0.15) is 0 Å². The van der Waals surface area contributed by atoms with Gasteiger partial charge in [0.2, 0.25) is 0 Å². The van der Waals surface area contributed by atoms with E-state index in [2.05, 4.69) is 15.1 Å². The van der Waals surface area contributed by atoms with Crippen molar-refractivity contribution in [1.29, 1.82) is 0 Å². The first-order valence-corrected chi connectivity index (χ1v) is 7.10. The van der Waals surface area contributed by atoms with Crippen molar-refractivity contribution in [1.82, 2.24) is 15.1 Å². The molecule has 1 heterocycles. The number of hydrogen-bond acceptors (Lipinski definition) is 3. The number of rotatable bonds is 6. The molecule has 0 spiro atoms. The molecule has 0 aliphatic heterocycles. The van der Waals surface area contributed by atoms with Crippen molar-refractivity contribution in [3.63, 3.8) is 0 Å². The smallest absolute Gasteiger partial charge is 0.152 e. The molecule has 0 saturated heterocycles. The molecule has 1 aromatic heterocycles. The molecule has 2 aliphatic carbocycles. The van der Waals surface area contributed by atoms with Crippen LogP contribution in [0, 0.1) is 0 Å². The van der Waals surface area contributed by atoms with Crippen molar-refractivity contribution in [2.75, 3.05) is 6.54 Å². The van der Waals surface area contributed by atoms with E-state index in [4.69, 9.17) is 0 Å². The van der Waals surface area contributed by atoms with Gasteiger partial charge in [-0.1, -0.05) is 12.8 Å². The maximum atomic E-state index is 11.8. The molecule has 98 valence electrons. The van der Waals surface area contributed by atoms with Crippen molar-refractivity contribution >= 4 is 5.78 Å². The molecule has 0 amide bonds. The van der Waals surface area contributed by atoms with E-state index < -0.39 is 0 Å². The zero-order valence-electron chi connectivity index (χ0n) is 10.8. The van der Waals surface area contributed by atoms with Crippen LogP contribution in [0.1, 0.15) is 50.3 Å². The lowest BCUT2D eigenvalue weighted by Gasteiger charge is -2.08. The number of nitrogens with zero attached hydrogens (tertiary/aromatic N) is 2. The molecule has 4 nitrogen and oxygen atoms in total. The van der Waals surface area contributed by atoms with Gasteiger partial charge in [-0.05, 0) is 31.7 Å². The molecule has 4 heteroatoms. The summed E-state index contributed by atoms with van der Waals surface area (Å²) in [4.78, 5) is 11.8. The van der Waals surface area contributed by atoms with Crippen LogP contribution >= 0.6 is 0 Å². The van der Waals surface area contributed by atoms with Gasteiger partial charge in [0, 0.05) is 12.2 Å². The topological polar surface area (TPSA) is 46.9 Å². The molecular formula is C14H21N3O. The van der Waals surface area contributed by atoms with E-state index in [1.807, 2.05) is 12.3 Å². The third kappa shape index (κ3) is 2.99. The summed E-state index contributed by atoms with van der Waals surface area (Å²) in [5.74, 6) is 0.249. The summed E-state index contributed by atoms with van der Waals surface area (Å²) in [5, 5.41) is 7.80. The van der Waals surface area contributed by atoms with Gasteiger partial charge in [0.05, 0.1) is 24.7 Å². The molecule has 1 N–H and O–H groups in total. The lowest BCUT2D eigenvalue weighted by molar-refractivity contribution is -0.117. The van der Waals surface area contributed by atoms with Crippen LogP contribution in [0.3, 0.4) is 0 Å². The second-order valence-corrected chi connectivity index (χ2v) is 5.60. The van der Waals surface area contributed by atoms with Crippen molar-refractivity contribution in [2.45, 2.75) is 57.0 Å². The average Bonchev–Trinajstić information content (AvgIpc) is 2.85. The maximum absolute atomic E-state index is 11.8. The first-order chi connectivity index (χ1) is 8.81. The van der Waals surface area contributed by atoms with E-state index in [1.54, 1.807) is 0 Å². The van der Waals surface area contributed by atoms with Gasteiger partial charge in [0.25, 0.3) is 0 Å². The van der Waals surface area contributed by atoms with Crippen LogP contribution < -0.4 is 5.32 Å². The van der Waals surface area contributed by atoms with Gasteiger partial charge in [0.15, 0.2) is 5.78 Å². The van der Waals surface area contributed by atoms with E-state index in [-0.39, 0.29) is 5.78 Å². The molecule has 0 bridgehead atoms.